The Bertz CT molecular complexity index is 619. The lowest BCUT2D eigenvalue weighted by molar-refractivity contribution is 0.327. The van der Waals surface area contributed by atoms with Gasteiger partial charge in [0.2, 0.25) is 10.0 Å². The second kappa shape index (κ2) is 7.64. The highest BCUT2D eigenvalue weighted by Crippen LogP contribution is 2.26. The van der Waals surface area contributed by atoms with Crippen molar-refractivity contribution in [3.05, 3.63) is 23.3 Å². The Kier molecular flexibility index (Phi) is 6.67. The Morgan fingerprint density at radius 1 is 1.27 bits per heavy atom. The first-order valence-corrected chi connectivity index (χ1v) is 8.71. The van der Waals surface area contributed by atoms with Crippen molar-refractivity contribution in [2.75, 3.05) is 20.2 Å². The maximum absolute atomic E-state index is 12.6. The molecular weight excluding hydrogens is 324 g/mol. The van der Waals surface area contributed by atoms with E-state index in [1.165, 1.54) is 0 Å². The topological polar surface area (TPSA) is 67.4 Å². The van der Waals surface area contributed by atoms with Gasteiger partial charge in [0.15, 0.2) is 0 Å². The van der Waals surface area contributed by atoms with Gasteiger partial charge in [-0.15, -0.1) is 12.4 Å². The summed E-state index contributed by atoms with van der Waals surface area (Å²) in [5, 5.41) is 3.24. The number of rotatable bonds is 4. The third kappa shape index (κ3) is 4.13. The Labute approximate surface area is 139 Å². The van der Waals surface area contributed by atoms with Gasteiger partial charge < -0.3 is 10.1 Å². The first kappa shape index (κ1) is 19.2. The van der Waals surface area contributed by atoms with E-state index in [1.54, 1.807) is 26.2 Å². The van der Waals surface area contributed by atoms with Gasteiger partial charge in [0.1, 0.15) is 5.75 Å². The van der Waals surface area contributed by atoms with Crippen LogP contribution in [-0.4, -0.2) is 34.7 Å². The summed E-state index contributed by atoms with van der Waals surface area (Å²) in [6, 6.07) is 3.38. The molecule has 0 amide bonds. The smallest absolute Gasteiger partial charge is 0.241 e. The van der Waals surface area contributed by atoms with Gasteiger partial charge in [-0.3, -0.25) is 0 Å². The minimum Gasteiger partial charge on any atom is -0.496 e. The van der Waals surface area contributed by atoms with Crippen molar-refractivity contribution in [2.45, 2.75) is 38.1 Å². The zero-order chi connectivity index (χ0) is 15.6. The standard InChI is InChI=1S/C15H24N2O3S.ClH/c1-10-5-6-16-9-13(10)17-21(18,19)15-8-11(2)14(20-4)7-12(15)3;/h7-8,10,13,16-17H,5-6,9H2,1-4H3;1H. The zero-order valence-corrected chi connectivity index (χ0v) is 15.1. The molecule has 0 aromatic heterocycles. The molecule has 1 fully saturated rings. The molecule has 1 aliphatic rings. The van der Waals surface area contributed by atoms with Gasteiger partial charge in [0.25, 0.3) is 0 Å². The number of halogens is 1. The summed E-state index contributed by atoms with van der Waals surface area (Å²) < 4.78 is 33.3. The Morgan fingerprint density at radius 3 is 2.55 bits per heavy atom. The largest absolute Gasteiger partial charge is 0.496 e. The van der Waals surface area contributed by atoms with Crippen LogP contribution >= 0.6 is 12.4 Å². The van der Waals surface area contributed by atoms with Gasteiger partial charge in [-0.1, -0.05) is 6.92 Å². The molecule has 1 aromatic carbocycles. The molecule has 2 unspecified atom stereocenters. The fourth-order valence-corrected chi connectivity index (χ4v) is 4.34. The second-order valence-electron chi connectivity index (χ2n) is 5.79. The van der Waals surface area contributed by atoms with Gasteiger partial charge >= 0.3 is 0 Å². The predicted octanol–water partition coefficient (Wildman–Crippen LogP) is 2.01. The Hall–Kier alpha value is -0.820. The lowest BCUT2D eigenvalue weighted by Crippen LogP contribution is -2.50. The van der Waals surface area contributed by atoms with Crippen molar-refractivity contribution in [1.29, 1.82) is 0 Å². The summed E-state index contributed by atoms with van der Waals surface area (Å²) >= 11 is 0. The molecule has 0 spiro atoms. The molecule has 22 heavy (non-hydrogen) atoms. The van der Waals surface area contributed by atoms with Crippen molar-refractivity contribution in [1.82, 2.24) is 10.0 Å². The molecule has 0 radical (unpaired) electrons. The fourth-order valence-electron chi connectivity index (χ4n) is 2.68. The second-order valence-corrected chi connectivity index (χ2v) is 7.47. The first-order valence-electron chi connectivity index (χ1n) is 7.23. The van der Waals surface area contributed by atoms with Crippen LogP contribution in [0.15, 0.2) is 17.0 Å². The molecule has 2 N–H and O–H groups in total. The SMILES string of the molecule is COc1cc(C)c(S(=O)(=O)NC2CNCCC2C)cc1C.Cl. The van der Waals surface area contributed by atoms with E-state index in [0.29, 0.717) is 28.7 Å². The summed E-state index contributed by atoms with van der Waals surface area (Å²) in [5.74, 6) is 1.04. The van der Waals surface area contributed by atoms with E-state index >= 15 is 0 Å². The highest BCUT2D eigenvalue weighted by molar-refractivity contribution is 7.89. The van der Waals surface area contributed by atoms with E-state index in [-0.39, 0.29) is 18.4 Å². The first-order chi connectivity index (χ1) is 9.85. The average Bonchev–Trinajstić information content (AvgIpc) is 2.43. The minimum absolute atomic E-state index is 0. The normalized spacial score (nSPS) is 22.0. The average molecular weight is 349 g/mol. The molecule has 1 saturated heterocycles. The molecule has 1 aliphatic heterocycles. The van der Waals surface area contributed by atoms with Crippen molar-refractivity contribution in [3.8, 4) is 5.75 Å². The van der Waals surface area contributed by atoms with Gasteiger partial charge in [-0.05, 0) is 56.0 Å². The monoisotopic (exact) mass is 348 g/mol. The lowest BCUT2D eigenvalue weighted by Gasteiger charge is -2.30. The molecule has 126 valence electrons. The van der Waals surface area contributed by atoms with Gasteiger partial charge in [-0.2, -0.15) is 0 Å². The van der Waals surface area contributed by atoms with E-state index in [2.05, 4.69) is 17.0 Å². The molecule has 7 heteroatoms. The summed E-state index contributed by atoms with van der Waals surface area (Å²) in [6.45, 7) is 7.34. The van der Waals surface area contributed by atoms with Crippen molar-refractivity contribution < 1.29 is 13.2 Å². The van der Waals surface area contributed by atoms with E-state index in [9.17, 15) is 8.42 Å². The Morgan fingerprint density at radius 2 is 1.95 bits per heavy atom. The van der Waals surface area contributed by atoms with E-state index in [4.69, 9.17) is 4.74 Å². The lowest BCUT2D eigenvalue weighted by atomic mass is 9.96. The van der Waals surface area contributed by atoms with E-state index in [1.807, 2.05) is 6.92 Å². The van der Waals surface area contributed by atoms with Gasteiger partial charge in [0.05, 0.1) is 12.0 Å². The molecule has 5 nitrogen and oxygen atoms in total. The summed E-state index contributed by atoms with van der Waals surface area (Å²) in [6.07, 6.45) is 0.980. The minimum atomic E-state index is -3.52. The summed E-state index contributed by atoms with van der Waals surface area (Å²) in [4.78, 5) is 0.332. The van der Waals surface area contributed by atoms with Gasteiger partial charge in [0, 0.05) is 12.6 Å². The number of piperidine rings is 1. The number of nitrogens with one attached hydrogen (secondary N) is 2. The highest BCUT2D eigenvalue weighted by Gasteiger charge is 2.27. The number of aryl methyl sites for hydroxylation is 2. The molecule has 0 aliphatic carbocycles. The van der Waals surface area contributed by atoms with Crippen LogP contribution in [0, 0.1) is 19.8 Å². The highest BCUT2D eigenvalue weighted by atomic mass is 35.5. The van der Waals surface area contributed by atoms with Crippen LogP contribution < -0.4 is 14.8 Å². The molecule has 2 rings (SSSR count). The number of hydrogen-bond acceptors (Lipinski definition) is 4. The van der Waals surface area contributed by atoms with Crippen LogP contribution in [-0.2, 0) is 10.0 Å². The molecular formula is C15H25ClN2O3S. The quantitative estimate of drug-likeness (QED) is 0.873. The maximum Gasteiger partial charge on any atom is 0.241 e. The predicted molar refractivity (Wildman–Crippen MR) is 90.5 cm³/mol. The van der Waals surface area contributed by atoms with Crippen LogP contribution in [0.3, 0.4) is 0 Å². The number of benzene rings is 1. The van der Waals surface area contributed by atoms with Crippen LogP contribution in [0.2, 0.25) is 0 Å². The number of hydrogen-bond donors (Lipinski definition) is 2. The number of sulfonamides is 1. The molecule has 1 aromatic rings. The third-order valence-electron chi connectivity index (χ3n) is 4.12. The Balaban J connectivity index is 0.00000242. The van der Waals surface area contributed by atoms with Crippen molar-refractivity contribution >= 4 is 22.4 Å². The van der Waals surface area contributed by atoms with E-state index < -0.39 is 10.0 Å². The molecule has 0 bridgehead atoms. The zero-order valence-electron chi connectivity index (χ0n) is 13.5. The third-order valence-corrected chi connectivity index (χ3v) is 5.75. The van der Waals surface area contributed by atoms with Crippen molar-refractivity contribution in [2.24, 2.45) is 5.92 Å². The number of ether oxygens (including phenoxy) is 1. The fraction of sp³-hybridized carbons (Fsp3) is 0.600. The molecule has 2 atom stereocenters. The molecule has 0 saturated carbocycles. The summed E-state index contributed by atoms with van der Waals surface area (Å²) in [7, 11) is -1.93. The maximum atomic E-state index is 12.6. The van der Waals surface area contributed by atoms with Crippen LogP contribution in [0.4, 0.5) is 0 Å². The van der Waals surface area contributed by atoms with Crippen LogP contribution in [0.25, 0.3) is 0 Å². The van der Waals surface area contributed by atoms with Gasteiger partial charge in [-0.25, -0.2) is 13.1 Å². The van der Waals surface area contributed by atoms with Crippen molar-refractivity contribution in [3.63, 3.8) is 0 Å². The molecule has 1 heterocycles. The van der Waals surface area contributed by atoms with Crippen LogP contribution in [0.5, 0.6) is 5.75 Å². The number of methoxy groups -OCH3 is 1. The van der Waals surface area contributed by atoms with E-state index in [0.717, 1.165) is 18.5 Å². The van der Waals surface area contributed by atoms with Crippen LogP contribution in [0.1, 0.15) is 24.5 Å². The summed E-state index contributed by atoms with van der Waals surface area (Å²) in [5.41, 5.74) is 1.51.